The summed E-state index contributed by atoms with van der Waals surface area (Å²) < 4.78 is 28.8. The molecule has 3 aromatic rings. The van der Waals surface area contributed by atoms with E-state index in [1.807, 2.05) is 19.1 Å². The molecule has 0 saturated carbocycles. The molecule has 0 aliphatic rings. The second-order valence-electron chi connectivity index (χ2n) is 5.44. The van der Waals surface area contributed by atoms with Gasteiger partial charge in [-0.05, 0) is 36.8 Å². The maximum absolute atomic E-state index is 12.3. The number of rotatable bonds is 5. The smallest absolute Gasteiger partial charge is 0.263 e. The zero-order valence-corrected chi connectivity index (χ0v) is 14.6. The van der Waals surface area contributed by atoms with Gasteiger partial charge in [-0.15, -0.1) is 0 Å². The van der Waals surface area contributed by atoms with E-state index in [-0.39, 0.29) is 10.7 Å². The molecule has 0 amide bonds. The predicted octanol–water partition coefficient (Wildman–Crippen LogP) is 3.69. The maximum Gasteiger partial charge on any atom is 0.263 e. The third-order valence-corrected chi connectivity index (χ3v) is 5.09. The molecule has 2 aromatic carbocycles. The van der Waals surface area contributed by atoms with Gasteiger partial charge >= 0.3 is 0 Å². The first kappa shape index (κ1) is 16.5. The van der Waals surface area contributed by atoms with Crippen LogP contribution in [-0.2, 0) is 16.6 Å². The number of aryl methyl sites for hydroxylation is 1. The molecule has 0 atom stereocenters. The van der Waals surface area contributed by atoms with Crippen molar-refractivity contribution in [2.24, 2.45) is 0 Å². The van der Waals surface area contributed by atoms with E-state index in [1.54, 1.807) is 53.3 Å². The zero-order valence-electron chi connectivity index (χ0n) is 13.0. The Morgan fingerprint density at radius 2 is 1.71 bits per heavy atom. The summed E-state index contributed by atoms with van der Waals surface area (Å²) in [6.07, 6.45) is 1.72. The minimum atomic E-state index is -3.64. The first-order valence-electron chi connectivity index (χ1n) is 7.30. The monoisotopic (exact) mass is 361 g/mol. The van der Waals surface area contributed by atoms with E-state index in [9.17, 15) is 8.42 Å². The molecule has 0 saturated heterocycles. The average Bonchev–Trinajstić information content (AvgIpc) is 2.96. The minimum Gasteiger partial charge on any atom is -0.266 e. The molecule has 7 heteroatoms. The van der Waals surface area contributed by atoms with Gasteiger partial charge in [0.25, 0.3) is 10.0 Å². The van der Waals surface area contributed by atoms with Gasteiger partial charge in [0.1, 0.15) is 0 Å². The van der Waals surface area contributed by atoms with E-state index in [1.165, 1.54) is 0 Å². The highest BCUT2D eigenvalue weighted by molar-refractivity contribution is 7.92. The number of benzene rings is 2. The van der Waals surface area contributed by atoms with Crippen LogP contribution in [0.1, 0.15) is 11.1 Å². The summed E-state index contributed by atoms with van der Waals surface area (Å²) in [6, 6.07) is 15.7. The van der Waals surface area contributed by atoms with E-state index in [2.05, 4.69) is 9.82 Å². The van der Waals surface area contributed by atoms with Crippen LogP contribution in [0.3, 0.4) is 0 Å². The fraction of sp³-hybridized carbons (Fsp3) is 0.118. The van der Waals surface area contributed by atoms with E-state index in [0.29, 0.717) is 11.6 Å². The molecule has 0 radical (unpaired) electrons. The molecular formula is C17H16ClN3O2S. The van der Waals surface area contributed by atoms with Gasteiger partial charge in [0.05, 0.1) is 11.4 Å². The standard InChI is InChI=1S/C17H16ClN3O2S/c1-13-2-8-16(9-3-13)24(22,23)20-17-10-11-21(19-17)12-14-4-6-15(18)7-5-14/h2-11H,12H2,1H3,(H,19,20). The van der Waals surface area contributed by atoms with Crippen molar-refractivity contribution in [1.82, 2.24) is 9.78 Å². The Kier molecular flexibility index (Phi) is 4.59. The maximum atomic E-state index is 12.3. The summed E-state index contributed by atoms with van der Waals surface area (Å²) in [6.45, 7) is 2.44. The lowest BCUT2D eigenvalue weighted by atomic mass is 10.2. The molecule has 0 aliphatic heterocycles. The van der Waals surface area contributed by atoms with Crippen LogP contribution in [0.25, 0.3) is 0 Å². The number of aromatic nitrogens is 2. The lowest BCUT2D eigenvalue weighted by Gasteiger charge is -2.06. The van der Waals surface area contributed by atoms with Crippen molar-refractivity contribution in [2.45, 2.75) is 18.4 Å². The average molecular weight is 362 g/mol. The Hall–Kier alpha value is -2.31. The van der Waals surface area contributed by atoms with Crippen LogP contribution in [0.5, 0.6) is 0 Å². The Balaban J connectivity index is 1.73. The van der Waals surface area contributed by atoms with Crippen LogP contribution in [0.2, 0.25) is 5.02 Å². The Labute approximate surface area is 145 Å². The highest BCUT2D eigenvalue weighted by Gasteiger charge is 2.15. The first-order valence-corrected chi connectivity index (χ1v) is 9.16. The Morgan fingerprint density at radius 1 is 1.04 bits per heavy atom. The van der Waals surface area contributed by atoms with E-state index in [0.717, 1.165) is 11.1 Å². The van der Waals surface area contributed by atoms with Crippen LogP contribution < -0.4 is 4.72 Å². The Bertz CT molecular complexity index is 933. The van der Waals surface area contributed by atoms with Gasteiger partial charge in [-0.2, -0.15) is 5.10 Å². The SMILES string of the molecule is Cc1ccc(S(=O)(=O)Nc2ccn(Cc3ccc(Cl)cc3)n2)cc1. The van der Waals surface area contributed by atoms with Gasteiger partial charge in [0.15, 0.2) is 5.82 Å². The lowest BCUT2D eigenvalue weighted by Crippen LogP contribution is -2.13. The van der Waals surface area contributed by atoms with E-state index >= 15 is 0 Å². The van der Waals surface area contributed by atoms with E-state index in [4.69, 9.17) is 11.6 Å². The molecule has 1 N–H and O–H groups in total. The van der Waals surface area contributed by atoms with Crippen molar-refractivity contribution in [3.05, 3.63) is 76.9 Å². The van der Waals surface area contributed by atoms with Crippen molar-refractivity contribution in [3.8, 4) is 0 Å². The summed E-state index contributed by atoms with van der Waals surface area (Å²) in [4.78, 5) is 0.209. The fourth-order valence-corrected chi connectivity index (χ4v) is 3.32. The number of nitrogens with zero attached hydrogens (tertiary/aromatic N) is 2. The molecule has 1 heterocycles. The number of anilines is 1. The summed E-state index contributed by atoms with van der Waals surface area (Å²) in [5, 5.41) is 4.92. The van der Waals surface area contributed by atoms with Gasteiger partial charge in [-0.3, -0.25) is 9.40 Å². The van der Waals surface area contributed by atoms with Crippen molar-refractivity contribution in [1.29, 1.82) is 0 Å². The largest absolute Gasteiger partial charge is 0.266 e. The summed E-state index contributed by atoms with van der Waals surface area (Å²) in [7, 11) is -3.64. The molecule has 0 fully saturated rings. The zero-order chi connectivity index (χ0) is 17.2. The first-order chi connectivity index (χ1) is 11.4. The molecule has 124 valence electrons. The molecule has 1 aromatic heterocycles. The van der Waals surface area contributed by atoms with Crippen molar-refractivity contribution < 1.29 is 8.42 Å². The topological polar surface area (TPSA) is 64.0 Å². The van der Waals surface area contributed by atoms with Gasteiger partial charge in [0, 0.05) is 17.3 Å². The van der Waals surface area contributed by atoms with Crippen LogP contribution in [0.4, 0.5) is 5.82 Å². The normalized spacial score (nSPS) is 11.4. The van der Waals surface area contributed by atoms with Crippen molar-refractivity contribution in [3.63, 3.8) is 0 Å². The molecule has 5 nitrogen and oxygen atoms in total. The predicted molar refractivity (Wildman–Crippen MR) is 94.8 cm³/mol. The number of halogens is 1. The number of nitrogens with one attached hydrogen (secondary N) is 1. The lowest BCUT2D eigenvalue weighted by molar-refractivity contribution is 0.600. The van der Waals surface area contributed by atoms with Gasteiger partial charge in [0.2, 0.25) is 0 Å². The Morgan fingerprint density at radius 3 is 2.38 bits per heavy atom. The fourth-order valence-electron chi connectivity index (χ4n) is 2.20. The molecule has 3 rings (SSSR count). The molecule has 0 bridgehead atoms. The van der Waals surface area contributed by atoms with Crippen LogP contribution >= 0.6 is 11.6 Å². The van der Waals surface area contributed by atoms with Gasteiger partial charge in [-0.25, -0.2) is 8.42 Å². The highest BCUT2D eigenvalue weighted by Crippen LogP contribution is 2.16. The summed E-state index contributed by atoms with van der Waals surface area (Å²) >= 11 is 5.86. The van der Waals surface area contributed by atoms with Gasteiger partial charge in [-0.1, -0.05) is 41.4 Å². The minimum absolute atomic E-state index is 0.209. The third-order valence-electron chi connectivity index (χ3n) is 3.47. The van der Waals surface area contributed by atoms with Crippen LogP contribution in [0, 0.1) is 6.92 Å². The number of hydrogen-bond acceptors (Lipinski definition) is 3. The summed E-state index contributed by atoms with van der Waals surface area (Å²) in [5.74, 6) is 0.282. The molecule has 0 unspecified atom stereocenters. The quantitative estimate of drug-likeness (QED) is 0.753. The molecular weight excluding hydrogens is 346 g/mol. The highest BCUT2D eigenvalue weighted by atomic mass is 35.5. The van der Waals surface area contributed by atoms with Crippen molar-refractivity contribution in [2.75, 3.05) is 4.72 Å². The number of hydrogen-bond donors (Lipinski definition) is 1. The van der Waals surface area contributed by atoms with Crippen LogP contribution in [0.15, 0.2) is 65.7 Å². The summed E-state index contributed by atoms with van der Waals surface area (Å²) in [5.41, 5.74) is 2.02. The van der Waals surface area contributed by atoms with E-state index < -0.39 is 10.0 Å². The number of sulfonamides is 1. The second kappa shape index (κ2) is 6.67. The third kappa shape index (κ3) is 3.96. The van der Waals surface area contributed by atoms with Gasteiger partial charge < -0.3 is 0 Å². The molecule has 0 spiro atoms. The van der Waals surface area contributed by atoms with Crippen molar-refractivity contribution >= 4 is 27.4 Å². The van der Waals surface area contributed by atoms with Crippen LogP contribution in [-0.4, -0.2) is 18.2 Å². The molecule has 24 heavy (non-hydrogen) atoms. The second-order valence-corrected chi connectivity index (χ2v) is 7.56. The molecule has 0 aliphatic carbocycles.